The number of hydrogen-bond donors (Lipinski definition) is 1. The van der Waals surface area contributed by atoms with Gasteiger partial charge in [-0.1, -0.05) is 0 Å². The molecule has 116 valence electrons. The van der Waals surface area contributed by atoms with Crippen molar-refractivity contribution >= 4 is 23.1 Å². The molecule has 0 aliphatic carbocycles. The van der Waals surface area contributed by atoms with Crippen LogP contribution in [0.15, 0.2) is 24.1 Å². The summed E-state index contributed by atoms with van der Waals surface area (Å²) in [5.74, 6) is 1.35. The number of aromatic nitrogens is 3. The zero-order valence-corrected chi connectivity index (χ0v) is 13.3. The molecule has 1 amide bonds. The Hall–Kier alpha value is -2.02. The van der Waals surface area contributed by atoms with Crippen LogP contribution in [0.25, 0.3) is 0 Å². The second-order valence-corrected chi connectivity index (χ2v) is 6.32. The van der Waals surface area contributed by atoms with Gasteiger partial charge in [0.2, 0.25) is 0 Å². The zero-order chi connectivity index (χ0) is 15.4. The van der Waals surface area contributed by atoms with Gasteiger partial charge in [0.1, 0.15) is 10.7 Å². The second kappa shape index (κ2) is 6.83. The molecule has 6 nitrogen and oxygen atoms in total. The Morgan fingerprint density at radius 3 is 3.09 bits per heavy atom. The van der Waals surface area contributed by atoms with E-state index in [0.717, 1.165) is 48.7 Å². The third-order valence-corrected chi connectivity index (χ3v) is 4.70. The predicted molar refractivity (Wildman–Crippen MR) is 86.0 cm³/mol. The van der Waals surface area contributed by atoms with E-state index >= 15 is 0 Å². The molecule has 3 rings (SSSR count). The Labute approximate surface area is 133 Å². The highest BCUT2D eigenvalue weighted by Gasteiger charge is 2.26. The standard InChI is InChI=1S/C15H19N5OS/c1-16-14-12(18-4-5-19-14)7-11-3-2-6-20(9-11)15(21)13-8-17-10-22-13/h4-5,8,10-11H,2-3,6-7,9H2,1H3,(H,16,19). The summed E-state index contributed by atoms with van der Waals surface area (Å²) in [5.41, 5.74) is 2.68. The first-order chi connectivity index (χ1) is 10.8. The lowest BCUT2D eigenvalue weighted by Crippen LogP contribution is -2.40. The van der Waals surface area contributed by atoms with Crippen molar-refractivity contribution < 1.29 is 4.79 Å². The molecule has 0 aromatic carbocycles. The van der Waals surface area contributed by atoms with Crippen molar-refractivity contribution in [1.82, 2.24) is 19.9 Å². The van der Waals surface area contributed by atoms with Gasteiger partial charge in [0, 0.05) is 32.5 Å². The number of hydrogen-bond acceptors (Lipinski definition) is 6. The summed E-state index contributed by atoms with van der Waals surface area (Å²) in [4.78, 5) is 27.8. The Bertz CT molecular complexity index is 631. The Balaban J connectivity index is 1.67. The first-order valence-electron chi connectivity index (χ1n) is 7.43. The number of amides is 1. The fraction of sp³-hybridized carbons (Fsp3) is 0.467. The molecular formula is C15H19N5OS. The number of piperidine rings is 1. The third-order valence-electron chi connectivity index (χ3n) is 3.94. The SMILES string of the molecule is CNc1nccnc1CC1CCCN(C(=O)c2cncs2)C1. The van der Waals surface area contributed by atoms with Gasteiger partial charge in [-0.2, -0.15) is 0 Å². The molecular weight excluding hydrogens is 298 g/mol. The van der Waals surface area contributed by atoms with Crippen LogP contribution >= 0.6 is 11.3 Å². The number of likely N-dealkylation sites (tertiary alicyclic amines) is 1. The maximum absolute atomic E-state index is 12.4. The topological polar surface area (TPSA) is 71.0 Å². The normalized spacial score (nSPS) is 18.2. The van der Waals surface area contributed by atoms with Crippen LogP contribution in [-0.2, 0) is 6.42 Å². The maximum Gasteiger partial charge on any atom is 0.265 e. The number of carbonyl (C=O) groups is 1. The molecule has 1 fully saturated rings. The minimum Gasteiger partial charge on any atom is -0.372 e. The summed E-state index contributed by atoms with van der Waals surface area (Å²) in [6, 6.07) is 0. The van der Waals surface area contributed by atoms with E-state index in [1.807, 2.05) is 11.9 Å². The van der Waals surface area contributed by atoms with Crippen molar-refractivity contribution in [2.45, 2.75) is 19.3 Å². The van der Waals surface area contributed by atoms with Crippen molar-refractivity contribution in [3.63, 3.8) is 0 Å². The molecule has 1 unspecified atom stereocenters. The van der Waals surface area contributed by atoms with Crippen LogP contribution < -0.4 is 5.32 Å². The van der Waals surface area contributed by atoms with Gasteiger partial charge in [-0.25, -0.2) is 4.98 Å². The first-order valence-corrected chi connectivity index (χ1v) is 8.31. The molecule has 0 saturated carbocycles. The number of thiazole rings is 1. The van der Waals surface area contributed by atoms with Gasteiger partial charge in [-0.15, -0.1) is 11.3 Å². The van der Waals surface area contributed by atoms with Crippen LogP contribution in [-0.4, -0.2) is 45.9 Å². The monoisotopic (exact) mass is 317 g/mol. The molecule has 1 N–H and O–H groups in total. The lowest BCUT2D eigenvalue weighted by Gasteiger charge is -2.32. The number of nitrogens with zero attached hydrogens (tertiary/aromatic N) is 4. The quantitative estimate of drug-likeness (QED) is 0.935. The van der Waals surface area contributed by atoms with Crippen LogP contribution in [0, 0.1) is 5.92 Å². The highest BCUT2D eigenvalue weighted by atomic mass is 32.1. The Morgan fingerprint density at radius 1 is 1.45 bits per heavy atom. The molecule has 0 radical (unpaired) electrons. The molecule has 0 spiro atoms. The van der Waals surface area contributed by atoms with Crippen molar-refractivity contribution in [3.05, 3.63) is 34.7 Å². The fourth-order valence-corrected chi connectivity index (χ4v) is 3.48. The summed E-state index contributed by atoms with van der Waals surface area (Å²) in [5, 5.41) is 3.08. The fourth-order valence-electron chi connectivity index (χ4n) is 2.89. The highest BCUT2D eigenvalue weighted by molar-refractivity contribution is 7.11. The summed E-state index contributed by atoms with van der Waals surface area (Å²) < 4.78 is 0. The van der Waals surface area contributed by atoms with E-state index in [4.69, 9.17) is 0 Å². The number of nitrogens with one attached hydrogen (secondary N) is 1. The van der Waals surface area contributed by atoms with Crippen LogP contribution in [0.3, 0.4) is 0 Å². The van der Waals surface area contributed by atoms with E-state index in [1.165, 1.54) is 11.3 Å². The third kappa shape index (κ3) is 3.24. The van der Waals surface area contributed by atoms with Crippen molar-refractivity contribution in [1.29, 1.82) is 0 Å². The van der Waals surface area contributed by atoms with E-state index in [-0.39, 0.29) is 5.91 Å². The highest BCUT2D eigenvalue weighted by Crippen LogP contribution is 2.24. The average Bonchev–Trinajstić information content (AvgIpc) is 3.09. The van der Waals surface area contributed by atoms with Crippen molar-refractivity contribution in [2.24, 2.45) is 5.92 Å². The van der Waals surface area contributed by atoms with Crippen LogP contribution in [0.5, 0.6) is 0 Å². The summed E-state index contributed by atoms with van der Waals surface area (Å²) >= 11 is 1.40. The van der Waals surface area contributed by atoms with E-state index in [1.54, 1.807) is 24.1 Å². The minimum absolute atomic E-state index is 0.0974. The van der Waals surface area contributed by atoms with Crippen molar-refractivity contribution in [2.75, 3.05) is 25.5 Å². The molecule has 0 bridgehead atoms. The number of carbonyl (C=O) groups excluding carboxylic acids is 1. The van der Waals surface area contributed by atoms with Gasteiger partial charge >= 0.3 is 0 Å². The van der Waals surface area contributed by atoms with Gasteiger partial charge in [0.25, 0.3) is 5.91 Å². The smallest absolute Gasteiger partial charge is 0.265 e. The summed E-state index contributed by atoms with van der Waals surface area (Å²) in [6.07, 6.45) is 8.06. The van der Waals surface area contributed by atoms with Crippen LogP contribution in [0.1, 0.15) is 28.2 Å². The second-order valence-electron chi connectivity index (χ2n) is 5.43. The Kier molecular flexibility index (Phi) is 4.62. The number of anilines is 1. The van der Waals surface area contributed by atoms with E-state index in [9.17, 15) is 4.79 Å². The lowest BCUT2D eigenvalue weighted by atomic mass is 9.93. The lowest BCUT2D eigenvalue weighted by molar-refractivity contribution is 0.0677. The van der Waals surface area contributed by atoms with Gasteiger partial charge < -0.3 is 10.2 Å². The number of rotatable bonds is 4. The van der Waals surface area contributed by atoms with Gasteiger partial charge in [-0.3, -0.25) is 14.8 Å². The molecule has 1 saturated heterocycles. The maximum atomic E-state index is 12.4. The van der Waals surface area contributed by atoms with Gasteiger partial charge in [-0.05, 0) is 25.2 Å². The largest absolute Gasteiger partial charge is 0.372 e. The molecule has 22 heavy (non-hydrogen) atoms. The molecule has 7 heteroatoms. The zero-order valence-electron chi connectivity index (χ0n) is 12.5. The van der Waals surface area contributed by atoms with Crippen LogP contribution in [0.2, 0.25) is 0 Å². The van der Waals surface area contributed by atoms with Crippen LogP contribution in [0.4, 0.5) is 5.82 Å². The predicted octanol–water partition coefficient (Wildman–Crippen LogP) is 2.07. The molecule has 2 aromatic rings. The summed E-state index contributed by atoms with van der Waals surface area (Å²) in [7, 11) is 1.86. The molecule has 2 aromatic heterocycles. The summed E-state index contributed by atoms with van der Waals surface area (Å²) in [6.45, 7) is 1.60. The molecule has 1 aliphatic rings. The van der Waals surface area contributed by atoms with Gasteiger partial charge in [0.05, 0.1) is 17.4 Å². The average molecular weight is 317 g/mol. The molecule has 1 atom stereocenters. The van der Waals surface area contributed by atoms with E-state index in [0.29, 0.717) is 5.92 Å². The van der Waals surface area contributed by atoms with E-state index in [2.05, 4.69) is 20.3 Å². The molecule has 1 aliphatic heterocycles. The van der Waals surface area contributed by atoms with E-state index < -0.39 is 0 Å². The van der Waals surface area contributed by atoms with Crippen molar-refractivity contribution in [3.8, 4) is 0 Å². The Morgan fingerprint density at radius 2 is 2.32 bits per heavy atom. The first kappa shape index (κ1) is 14.9. The van der Waals surface area contributed by atoms with Gasteiger partial charge in [0.15, 0.2) is 0 Å². The minimum atomic E-state index is 0.0974. The molecule has 3 heterocycles.